The van der Waals surface area contributed by atoms with Gasteiger partial charge in [0.2, 0.25) is 0 Å². The smallest absolute Gasteiger partial charge is 0.251 e. The van der Waals surface area contributed by atoms with Crippen LogP contribution in [0.2, 0.25) is 0 Å². The highest BCUT2D eigenvalue weighted by atomic mass is 16.5. The van der Waals surface area contributed by atoms with Crippen LogP contribution >= 0.6 is 0 Å². The fraction of sp³-hybridized carbons (Fsp3) is 0.529. The van der Waals surface area contributed by atoms with Crippen molar-refractivity contribution >= 4 is 5.91 Å². The van der Waals surface area contributed by atoms with Crippen molar-refractivity contribution in [1.29, 1.82) is 5.26 Å². The Morgan fingerprint density at radius 3 is 2.41 bits per heavy atom. The van der Waals surface area contributed by atoms with Crippen LogP contribution in [0.1, 0.15) is 24.5 Å². The Labute approximate surface area is 132 Å². The van der Waals surface area contributed by atoms with Crippen LogP contribution in [0.5, 0.6) is 0 Å². The summed E-state index contributed by atoms with van der Waals surface area (Å²) in [6, 6.07) is 9.81. The summed E-state index contributed by atoms with van der Waals surface area (Å²) >= 11 is 0. The predicted octanol–water partition coefficient (Wildman–Crippen LogP) is 1.63. The first-order valence-electron chi connectivity index (χ1n) is 7.71. The van der Waals surface area contributed by atoms with Crippen molar-refractivity contribution in [2.75, 3.05) is 33.3 Å². The number of nitriles is 1. The largest absolute Gasteiger partial charge is 0.372 e. The third-order valence-electron chi connectivity index (χ3n) is 4.10. The summed E-state index contributed by atoms with van der Waals surface area (Å²) in [6.07, 6.45) is 0.394. The Bertz CT molecular complexity index is 524. The molecule has 118 valence electrons. The lowest BCUT2D eigenvalue weighted by atomic mass is 10.1. The molecular formula is C17H23N3O2. The minimum Gasteiger partial charge on any atom is -0.372 e. The number of carbonyl (C=O) groups excluding carboxylic acids is 1. The number of hydrogen-bond donors (Lipinski definition) is 0. The third-order valence-corrected chi connectivity index (χ3v) is 4.10. The topological polar surface area (TPSA) is 56.6 Å². The van der Waals surface area contributed by atoms with E-state index in [4.69, 9.17) is 10.00 Å². The second kappa shape index (κ2) is 7.92. The van der Waals surface area contributed by atoms with Gasteiger partial charge in [-0.05, 0) is 24.1 Å². The van der Waals surface area contributed by atoms with Gasteiger partial charge in [-0.15, -0.1) is 0 Å². The number of benzene rings is 1. The van der Waals surface area contributed by atoms with Gasteiger partial charge in [-0.3, -0.25) is 9.69 Å². The van der Waals surface area contributed by atoms with E-state index >= 15 is 0 Å². The maximum Gasteiger partial charge on any atom is 0.251 e. The first-order valence-corrected chi connectivity index (χ1v) is 7.71. The van der Waals surface area contributed by atoms with Gasteiger partial charge in [-0.2, -0.15) is 5.26 Å². The van der Waals surface area contributed by atoms with Crippen LogP contribution in [0.25, 0.3) is 0 Å². The van der Waals surface area contributed by atoms with E-state index in [1.165, 1.54) is 5.56 Å². The zero-order chi connectivity index (χ0) is 15.9. The quantitative estimate of drug-likeness (QED) is 0.829. The molecule has 1 fully saturated rings. The fourth-order valence-electron chi connectivity index (χ4n) is 2.71. The molecule has 0 aliphatic carbocycles. The van der Waals surface area contributed by atoms with Crippen LogP contribution in [0, 0.1) is 11.3 Å². The molecule has 1 aromatic rings. The van der Waals surface area contributed by atoms with Crippen LogP contribution in [-0.2, 0) is 16.1 Å². The summed E-state index contributed by atoms with van der Waals surface area (Å²) in [5, 5.41) is 8.81. The van der Waals surface area contributed by atoms with Crippen LogP contribution in [0.15, 0.2) is 24.3 Å². The van der Waals surface area contributed by atoms with Gasteiger partial charge in [0.1, 0.15) is 6.10 Å². The summed E-state index contributed by atoms with van der Waals surface area (Å²) in [4.78, 5) is 16.5. The molecule has 1 aromatic carbocycles. The van der Waals surface area contributed by atoms with Gasteiger partial charge in [-0.25, -0.2) is 0 Å². The summed E-state index contributed by atoms with van der Waals surface area (Å²) in [7, 11) is 1.59. The Balaban J connectivity index is 1.84. The van der Waals surface area contributed by atoms with Gasteiger partial charge in [0.05, 0.1) is 11.6 Å². The lowest BCUT2D eigenvalue weighted by Crippen LogP contribution is -2.51. The van der Waals surface area contributed by atoms with E-state index in [0.717, 1.165) is 32.7 Å². The van der Waals surface area contributed by atoms with Crippen molar-refractivity contribution in [3.05, 3.63) is 35.4 Å². The minimum atomic E-state index is -0.315. The van der Waals surface area contributed by atoms with Crippen molar-refractivity contribution in [2.24, 2.45) is 0 Å². The number of amides is 1. The van der Waals surface area contributed by atoms with E-state index < -0.39 is 0 Å². The molecule has 1 aliphatic heterocycles. The Morgan fingerprint density at radius 2 is 1.91 bits per heavy atom. The summed E-state index contributed by atoms with van der Waals surface area (Å²) in [6.45, 7) is 6.05. The molecule has 0 radical (unpaired) electrons. The van der Waals surface area contributed by atoms with Crippen molar-refractivity contribution in [1.82, 2.24) is 9.80 Å². The maximum absolute atomic E-state index is 12.2. The average Bonchev–Trinajstić information content (AvgIpc) is 2.57. The minimum absolute atomic E-state index is 0.100. The van der Waals surface area contributed by atoms with Crippen molar-refractivity contribution in [3.8, 4) is 6.07 Å². The van der Waals surface area contributed by atoms with E-state index in [2.05, 4.69) is 11.0 Å². The fourth-order valence-corrected chi connectivity index (χ4v) is 2.71. The highest BCUT2D eigenvalue weighted by Gasteiger charge is 2.26. The third kappa shape index (κ3) is 4.06. The van der Waals surface area contributed by atoms with Gasteiger partial charge >= 0.3 is 0 Å². The summed E-state index contributed by atoms with van der Waals surface area (Å²) < 4.78 is 5.23. The molecule has 1 atom stereocenters. The molecule has 1 aliphatic rings. The number of ether oxygens (including phenoxy) is 1. The molecule has 1 amide bonds. The Hall–Kier alpha value is -1.90. The molecule has 5 nitrogen and oxygen atoms in total. The van der Waals surface area contributed by atoms with Gasteiger partial charge in [0.15, 0.2) is 0 Å². The summed E-state index contributed by atoms with van der Waals surface area (Å²) in [5.74, 6) is 0.100. The molecule has 2 rings (SSSR count). The zero-order valence-corrected chi connectivity index (χ0v) is 13.3. The molecule has 1 saturated heterocycles. The normalized spacial score (nSPS) is 17.0. The van der Waals surface area contributed by atoms with Gasteiger partial charge in [0.25, 0.3) is 5.91 Å². The highest BCUT2D eigenvalue weighted by molar-refractivity contribution is 5.81. The van der Waals surface area contributed by atoms with Crippen LogP contribution < -0.4 is 0 Å². The Morgan fingerprint density at radius 1 is 1.27 bits per heavy atom. The number of nitrogens with zero attached hydrogens (tertiary/aromatic N) is 3. The number of hydrogen-bond acceptors (Lipinski definition) is 4. The van der Waals surface area contributed by atoms with Crippen LogP contribution in [0.3, 0.4) is 0 Å². The summed E-state index contributed by atoms with van der Waals surface area (Å²) in [5.41, 5.74) is 1.88. The molecule has 1 heterocycles. The van der Waals surface area contributed by atoms with Gasteiger partial charge in [-0.1, -0.05) is 19.1 Å². The number of carbonyl (C=O) groups is 1. The molecule has 0 saturated carbocycles. The Kier molecular flexibility index (Phi) is 5.93. The second-order valence-electron chi connectivity index (χ2n) is 5.54. The maximum atomic E-state index is 12.2. The van der Waals surface area contributed by atoms with Crippen molar-refractivity contribution < 1.29 is 9.53 Å². The molecule has 0 unspecified atom stereocenters. The molecule has 0 spiro atoms. The van der Waals surface area contributed by atoms with Crippen molar-refractivity contribution in [2.45, 2.75) is 26.0 Å². The monoisotopic (exact) mass is 301 g/mol. The highest BCUT2D eigenvalue weighted by Crippen LogP contribution is 2.12. The lowest BCUT2D eigenvalue weighted by molar-refractivity contribution is -0.144. The van der Waals surface area contributed by atoms with Crippen molar-refractivity contribution in [3.63, 3.8) is 0 Å². The molecule has 0 aromatic heterocycles. The van der Waals surface area contributed by atoms with Gasteiger partial charge in [0, 0.05) is 39.8 Å². The van der Waals surface area contributed by atoms with E-state index in [-0.39, 0.29) is 12.0 Å². The first-order chi connectivity index (χ1) is 10.7. The number of methoxy groups -OCH3 is 1. The molecular weight excluding hydrogens is 278 g/mol. The average molecular weight is 301 g/mol. The lowest BCUT2D eigenvalue weighted by Gasteiger charge is -2.36. The van der Waals surface area contributed by atoms with Gasteiger partial charge < -0.3 is 9.64 Å². The van der Waals surface area contributed by atoms with Crippen LogP contribution in [-0.4, -0.2) is 55.1 Å². The van der Waals surface area contributed by atoms with E-state index in [0.29, 0.717) is 12.0 Å². The SMILES string of the molecule is CC[C@@H](OC)C(=O)N1CCN(Cc2ccc(C#N)cc2)CC1. The molecule has 0 N–H and O–H groups in total. The van der Waals surface area contributed by atoms with Crippen LogP contribution in [0.4, 0.5) is 0 Å². The number of piperazine rings is 1. The molecule has 0 bridgehead atoms. The molecule has 22 heavy (non-hydrogen) atoms. The second-order valence-corrected chi connectivity index (χ2v) is 5.54. The standard InChI is InChI=1S/C17H23N3O2/c1-3-16(22-2)17(21)20-10-8-19(9-11-20)13-15-6-4-14(12-18)5-7-15/h4-7,16H,3,8-11,13H2,1-2H3/t16-/m1/s1. The van der Waals surface area contributed by atoms with E-state index in [9.17, 15) is 4.79 Å². The predicted molar refractivity (Wildman–Crippen MR) is 84.1 cm³/mol. The van der Waals surface area contributed by atoms with E-state index in [1.807, 2.05) is 36.1 Å². The zero-order valence-electron chi connectivity index (χ0n) is 13.3. The first kappa shape index (κ1) is 16.5. The van der Waals surface area contributed by atoms with E-state index in [1.54, 1.807) is 7.11 Å². The molecule has 5 heteroatoms. The number of rotatable bonds is 5.